The molecule has 0 saturated carbocycles. The number of halogens is 1. The first-order valence-corrected chi connectivity index (χ1v) is 6.39. The maximum Gasteiger partial charge on any atom is 0.225 e. The Bertz CT molecular complexity index is 654. The Morgan fingerprint density at radius 2 is 2.05 bits per heavy atom. The van der Waals surface area contributed by atoms with Crippen LogP contribution in [0.2, 0.25) is 5.02 Å². The summed E-state index contributed by atoms with van der Waals surface area (Å²) >= 11 is 6.01. The van der Waals surface area contributed by atoms with Crippen LogP contribution < -0.4 is 5.32 Å². The van der Waals surface area contributed by atoms with Gasteiger partial charge >= 0.3 is 0 Å². The van der Waals surface area contributed by atoms with Crippen molar-refractivity contribution in [2.75, 3.05) is 5.32 Å². The van der Waals surface area contributed by atoms with E-state index in [1.807, 2.05) is 30.3 Å². The first-order valence-electron chi connectivity index (χ1n) is 6.02. The zero-order valence-electron chi connectivity index (χ0n) is 10.1. The van der Waals surface area contributed by atoms with Crippen molar-refractivity contribution in [2.24, 2.45) is 0 Å². The second-order valence-corrected chi connectivity index (χ2v) is 5.07. The van der Waals surface area contributed by atoms with Gasteiger partial charge in [-0.25, -0.2) is 0 Å². The third-order valence-corrected chi connectivity index (χ3v) is 3.56. The van der Waals surface area contributed by atoms with Crippen LogP contribution >= 0.6 is 11.6 Å². The Morgan fingerprint density at radius 3 is 2.84 bits per heavy atom. The van der Waals surface area contributed by atoms with Gasteiger partial charge in [0.25, 0.3) is 0 Å². The minimum Gasteiger partial charge on any atom is -0.508 e. The van der Waals surface area contributed by atoms with Gasteiger partial charge in [-0.3, -0.25) is 4.79 Å². The number of fused-ring (bicyclic) bond motifs is 1. The molecule has 1 unspecified atom stereocenters. The maximum absolute atomic E-state index is 11.8. The molecule has 96 valence electrons. The normalized spacial score (nSPS) is 17.7. The highest BCUT2D eigenvalue weighted by atomic mass is 35.5. The van der Waals surface area contributed by atoms with Crippen LogP contribution in [-0.2, 0) is 4.79 Å². The third-order valence-electron chi connectivity index (χ3n) is 3.33. The van der Waals surface area contributed by atoms with Gasteiger partial charge in [-0.05, 0) is 29.3 Å². The fraction of sp³-hybridized carbons (Fsp3) is 0.133. The molecule has 1 heterocycles. The number of nitrogens with one attached hydrogen (secondary N) is 1. The van der Waals surface area contributed by atoms with Crippen LogP contribution in [0.1, 0.15) is 23.5 Å². The summed E-state index contributed by atoms with van der Waals surface area (Å²) in [6, 6.07) is 12.6. The van der Waals surface area contributed by atoms with E-state index in [0.717, 1.165) is 11.1 Å². The summed E-state index contributed by atoms with van der Waals surface area (Å²) < 4.78 is 0. The van der Waals surface area contributed by atoms with Crippen LogP contribution in [0.15, 0.2) is 42.5 Å². The average molecular weight is 274 g/mol. The summed E-state index contributed by atoms with van der Waals surface area (Å²) in [6.45, 7) is 0. The number of rotatable bonds is 1. The van der Waals surface area contributed by atoms with E-state index in [1.165, 1.54) is 0 Å². The van der Waals surface area contributed by atoms with E-state index >= 15 is 0 Å². The van der Waals surface area contributed by atoms with Crippen LogP contribution in [0, 0.1) is 0 Å². The highest BCUT2D eigenvalue weighted by Crippen LogP contribution is 2.38. The second kappa shape index (κ2) is 4.59. The van der Waals surface area contributed by atoms with E-state index in [-0.39, 0.29) is 17.6 Å². The van der Waals surface area contributed by atoms with Crippen molar-refractivity contribution in [3.63, 3.8) is 0 Å². The molecule has 1 aliphatic heterocycles. The Morgan fingerprint density at radius 1 is 1.21 bits per heavy atom. The van der Waals surface area contributed by atoms with E-state index in [9.17, 15) is 9.90 Å². The molecule has 4 heteroatoms. The highest BCUT2D eigenvalue weighted by Gasteiger charge is 2.26. The summed E-state index contributed by atoms with van der Waals surface area (Å²) in [5.74, 6) is 0.0666. The predicted octanol–water partition coefficient (Wildman–Crippen LogP) is 3.52. The molecule has 1 atom stereocenters. The second-order valence-electron chi connectivity index (χ2n) is 4.63. The summed E-state index contributed by atoms with van der Waals surface area (Å²) in [5.41, 5.74) is 2.68. The molecule has 2 aromatic rings. The van der Waals surface area contributed by atoms with Crippen molar-refractivity contribution in [1.29, 1.82) is 0 Å². The lowest BCUT2D eigenvalue weighted by atomic mass is 9.85. The van der Waals surface area contributed by atoms with Gasteiger partial charge in [0.1, 0.15) is 5.75 Å². The zero-order chi connectivity index (χ0) is 13.4. The molecule has 19 heavy (non-hydrogen) atoms. The van der Waals surface area contributed by atoms with Gasteiger partial charge in [-0.1, -0.05) is 29.8 Å². The fourth-order valence-electron chi connectivity index (χ4n) is 2.47. The molecule has 0 aromatic heterocycles. The van der Waals surface area contributed by atoms with Crippen LogP contribution in [0.4, 0.5) is 5.69 Å². The Labute approximate surface area is 115 Å². The lowest BCUT2D eigenvalue weighted by molar-refractivity contribution is -0.116. The number of hydrogen-bond acceptors (Lipinski definition) is 2. The Kier molecular flexibility index (Phi) is 2.91. The molecule has 0 spiro atoms. The van der Waals surface area contributed by atoms with Crippen LogP contribution in [0.5, 0.6) is 5.75 Å². The molecule has 0 aliphatic carbocycles. The predicted molar refractivity (Wildman–Crippen MR) is 74.6 cm³/mol. The molecule has 2 aromatic carbocycles. The lowest BCUT2D eigenvalue weighted by Crippen LogP contribution is -2.23. The van der Waals surface area contributed by atoms with Crippen LogP contribution in [0.3, 0.4) is 0 Å². The number of phenolic OH excluding ortho intramolecular Hbond substituents is 1. The number of phenols is 1. The Hall–Kier alpha value is -2.00. The minimum absolute atomic E-state index is 0.0250. The zero-order valence-corrected chi connectivity index (χ0v) is 10.8. The molecule has 0 radical (unpaired) electrons. The summed E-state index contributed by atoms with van der Waals surface area (Å²) in [4.78, 5) is 11.8. The number of amides is 1. The topological polar surface area (TPSA) is 49.3 Å². The van der Waals surface area contributed by atoms with Crippen molar-refractivity contribution in [1.82, 2.24) is 0 Å². The number of anilines is 1. The van der Waals surface area contributed by atoms with Gasteiger partial charge in [0.15, 0.2) is 0 Å². The van der Waals surface area contributed by atoms with Crippen molar-refractivity contribution in [3.05, 3.63) is 58.6 Å². The molecule has 2 N–H and O–H groups in total. The third kappa shape index (κ3) is 2.29. The smallest absolute Gasteiger partial charge is 0.225 e. The van der Waals surface area contributed by atoms with E-state index in [1.54, 1.807) is 12.1 Å². The number of carbonyl (C=O) groups excluding carboxylic acids is 1. The van der Waals surface area contributed by atoms with Gasteiger partial charge < -0.3 is 10.4 Å². The molecular weight excluding hydrogens is 262 g/mol. The average Bonchev–Trinajstić information content (AvgIpc) is 2.37. The molecule has 1 amide bonds. The summed E-state index contributed by atoms with van der Waals surface area (Å²) in [6.07, 6.45) is 0.387. The number of carbonyl (C=O) groups is 1. The SMILES string of the molecule is O=C1CC(c2cccc(Cl)c2)c2ccc(O)cc2N1. The monoisotopic (exact) mass is 273 g/mol. The van der Waals surface area contributed by atoms with Gasteiger partial charge in [0.05, 0.1) is 0 Å². The van der Waals surface area contributed by atoms with E-state index < -0.39 is 0 Å². The lowest BCUT2D eigenvalue weighted by Gasteiger charge is -2.26. The minimum atomic E-state index is -0.0527. The van der Waals surface area contributed by atoms with Crippen molar-refractivity contribution in [2.45, 2.75) is 12.3 Å². The first kappa shape index (κ1) is 12.1. The molecule has 0 fully saturated rings. The Balaban J connectivity index is 2.11. The van der Waals surface area contributed by atoms with Gasteiger partial charge in [-0.2, -0.15) is 0 Å². The molecule has 0 saturated heterocycles. The first-order chi connectivity index (χ1) is 9.13. The summed E-state index contributed by atoms with van der Waals surface area (Å²) in [5, 5.41) is 12.9. The van der Waals surface area contributed by atoms with Gasteiger partial charge in [-0.15, -0.1) is 0 Å². The van der Waals surface area contributed by atoms with E-state index in [0.29, 0.717) is 17.1 Å². The van der Waals surface area contributed by atoms with Crippen LogP contribution in [0.25, 0.3) is 0 Å². The number of aromatic hydroxyl groups is 1. The standard InChI is InChI=1S/C15H12ClNO2/c16-10-3-1-2-9(6-10)13-8-15(19)17-14-7-11(18)4-5-12(13)14/h1-7,13,18H,8H2,(H,17,19). The van der Waals surface area contributed by atoms with Gasteiger partial charge in [0, 0.05) is 29.1 Å². The highest BCUT2D eigenvalue weighted by molar-refractivity contribution is 6.30. The van der Waals surface area contributed by atoms with Crippen molar-refractivity contribution < 1.29 is 9.90 Å². The maximum atomic E-state index is 11.8. The van der Waals surface area contributed by atoms with E-state index in [2.05, 4.69) is 5.32 Å². The molecular formula is C15H12ClNO2. The fourth-order valence-corrected chi connectivity index (χ4v) is 2.67. The van der Waals surface area contributed by atoms with Crippen molar-refractivity contribution in [3.8, 4) is 5.75 Å². The van der Waals surface area contributed by atoms with E-state index in [4.69, 9.17) is 11.6 Å². The largest absolute Gasteiger partial charge is 0.508 e. The molecule has 0 bridgehead atoms. The quantitative estimate of drug-likeness (QED) is 0.835. The molecule has 1 aliphatic rings. The number of hydrogen-bond donors (Lipinski definition) is 2. The van der Waals surface area contributed by atoms with Crippen molar-refractivity contribution >= 4 is 23.2 Å². The number of benzene rings is 2. The van der Waals surface area contributed by atoms with Crippen LogP contribution in [-0.4, -0.2) is 11.0 Å². The van der Waals surface area contributed by atoms with Gasteiger partial charge in [0.2, 0.25) is 5.91 Å². The summed E-state index contributed by atoms with van der Waals surface area (Å²) in [7, 11) is 0. The molecule has 3 nitrogen and oxygen atoms in total. The molecule has 3 rings (SSSR count).